The van der Waals surface area contributed by atoms with Crippen molar-refractivity contribution < 1.29 is 0 Å². The monoisotopic (exact) mass is 871 g/mol. The molecular weight excluding hydrogens is 819 g/mol. The summed E-state index contributed by atoms with van der Waals surface area (Å²) in [6.07, 6.45) is 21.7. The van der Waals surface area contributed by atoms with E-state index in [1.54, 1.807) is 0 Å². The summed E-state index contributed by atoms with van der Waals surface area (Å²) in [6, 6.07) is 85.9. The van der Waals surface area contributed by atoms with Gasteiger partial charge >= 0.3 is 0 Å². The second-order valence-corrected chi connectivity index (χ2v) is 16.7. The van der Waals surface area contributed by atoms with Crippen LogP contribution in [-0.2, 0) is 0 Å². The van der Waals surface area contributed by atoms with E-state index in [9.17, 15) is 0 Å². The Bertz CT molecular complexity index is 2890. The number of hydrogen-bond donors (Lipinski definition) is 0. The van der Waals surface area contributed by atoms with Crippen molar-refractivity contribution in [3.05, 3.63) is 328 Å². The predicted molar refractivity (Wildman–Crippen MR) is 295 cm³/mol. The second-order valence-electron chi connectivity index (χ2n) is 16.7. The van der Waals surface area contributed by atoms with E-state index in [0.717, 1.165) is 50.4 Å². The zero-order chi connectivity index (χ0) is 46.2. The Morgan fingerprint density at radius 3 is 0.779 bits per heavy atom. The van der Waals surface area contributed by atoms with Crippen molar-refractivity contribution in [3.63, 3.8) is 0 Å². The Morgan fingerprint density at radius 1 is 0.265 bits per heavy atom. The molecule has 0 atom stereocenters. The fourth-order valence-electron chi connectivity index (χ4n) is 8.13. The average molecular weight is 872 g/mol. The van der Waals surface area contributed by atoms with E-state index in [1.165, 1.54) is 39.0 Å². The maximum Gasteiger partial charge on any atom is 0.0462 e. The number of nitrogens with zero attached hydrogens (tertiary/aromatic N) is 1. The molecular formula is C67H53N. The molecule has 0 spiro atoms. The van der Waals surface area contributed by atoms with Crippen molar-refractivity contribution in [1.82, 2.24) is 0 Å². The highest BCUT2D eigenvalue weighted by molar-refractivity contribution is 5.83. The minimum atomic E-state index is 1.10. The molecule has 0 N–H and O–H groups in total. The summed E-state index contributed by atoms with van der Waals surface area (Å²) >= 11 is 0. The van der Waals surface area contributed by atoms with E-state index in [2.05, 4.69) is 315 Å². The van der Waals surface area contributed by atoms with Gasteiger partial charge in [0.25, 0.3) is 0 Å². The molecule has 0 aliphatic rings. The van der Waals surface area contributed by atoms with Crippen LogP contribution in [0.15, 0.2) is 267 Å². The molecule has 0 bridgehead atoms. The number of anilines is 3. The van der Waals surface area contributed by atoms with Crippen LogP contribution in [0.1, 0.15) is 61.2 Å². The van der Waals surface area contributed by atoms with Gasteiger partial charge in [-0.3, -0.25) is 0 Å². The summed E-state index contributed by atoms with van der Waals surface area (Å²) in [6.45, 7) is 2.13. The zero-order valence-corrected chi connectivity index (χ0v) is 38.3. The smallest absolute Gasteiger partial charge is 0.0462 e. The lowest BCUT2D eigenvalue weighted by atomic mass is 9.97. The summed E-state index contributed by atoms with van der Waals surface area (Å²) in [5.74, 6) is 0. The fourth-order valence-corrected chi connectivity index (χ4v) is 8.13. The lowest BCUT2D eigenvalue weighted by Crippen LogP contribution is -2.09. The first-order valence-electron chi connectivity index (χ1n) is 23.2. The van der Waals surface area contributed by atoms with E-state index in [1.807, 2.05) is 0 Å². The van der Waals surface area contributed by atoms with Gasteiger partial charge in [0.05, 0.1) is 0 Å². The lowest BCUT2D eigenvalue weighted by Gasteiger charge is -2.26. The molecule has 9 rings (SSSR count). The van der Waals surface area contributed by atoms with Gasteiger partial charge < -0.3 is 4.90 Å². The number of allylic oxidation sites excluding steroid dienone is 4. The first kappa shape index (κ1) is 44.4. The van der Waals surface area contributed by atoms with Gasteiger partial charge in [0.15, 0.2) is 0 Å². The van der Waals surface area contributed by atoms with Crippen LogP contribution in [-0.4, -0.2) is 0 Å². The molecule has 9 aromatic rings. The van der Waals surface area contributed by atoms with E-state index < -0.39 is 0 Å². The quantitative estimate of drug-likeness (QED) is 0.0733. The van der Waals surface area contributed by atoms with E-state index in [-0.39, 0.29) is 0 Å². The van der Waals surface area contributed by atoms with Gasteiger partial charge in [0, 0.05) is 17.1 Å². The topological polar surface area (TPSA) is 3.24 Å². The van der Waals surface area contributed by atoms with Gasteiger partial charge in [-0.25, -0.2) is 0 Å². The van der Waals surface area contributed by atoms with Crippen LogP contribution < -0.4 is 4.90 Å². The first-order chi connectivity index (χ1) is 33.6. The molecule has 326 valence electrons. The van der Waals surface area contributed by atoms with E-state index in [4.69, 9.17) is 0 Å². The van der Waals surface area contributed by atoms with Gasteiger partial charge in [0.1, 0.15) is 0 Å². The molecule has 0 saturated carbocycles. The Kier molecular flexibility index (Phi) is 14.6. The van der Waals surface area contributed by atoms with Crippen molar-refractivity contribution in [1.29, 1.82) is 0 Å². The molecule has 0 unspecified atom stereocenters. The normalized spacial score (nSPS) is 11.4. The van der Waals surface area contributed by atoms with E-state index in [0.29, 0.717) is 0 Å². The number of hydrogen-bond acceptors (Lipinski definition) is 1. The summed E-state index contributed by atoms with van der Waals surface area (Å²) in [4.78, 5) is 2.31. The Morgan fingerprint density at radius 2 is 0.500 bits per heavy atom. The molecule has 0 fully saturated rings. The van der Waals surface area contributed by atoms with Crippen LogP contribution in [0.25, 0.3) is 47.6 Å². The highest BCUT2D eigenvalue weighted by Crippen LogP contribution is 2.35. The van der Waals surface area contributed by atoms with Gasteiger partial charge in [-0.05, 0) is 110 Å². The minimum Gasteiger partial charge on any atom is -0.311 e. The standard InChI is InChI=1S/C67H53N/c1-52-28-46-63(47-29-52)68(64-48-42-57(43-49-64)40-38-55-34-30-53(31-35-55)16-14-26-66(59-18-6-2-7-19-59)60-20-8-3-9-21-60)65-50-44-58(45-51-65)41-39-56-36-32-54(33-37-56)17-15-27-67(61-22-10-4-11-23-61)62-24-12-5-13-25-62/h2-51H,1H3/b16-14+,17-15+,40-38+,41-39+. The van der Waals surface area contributed by atoms with Gasteiger partial charge in [-0.2, -0.15) is 0 Å². The molecule has 0 aliphatic carbocycles. The van der Waals surface area contributed by atoms with Crippen LogP contribution in [0, 0.1) is 6.92 Å². The summed E-state index contributed by atoms with van der Waals surface area (Å²) in [5.41, 5.74) is 18.7. The minimum absolute atomic E-state index is 1.10. The van der Waals surface area contributed by atoms with Gasteiger partial charge in [0.2, 0.25) is 0 Å². The lowest BCUT2D eigenvalue weighted by molar-refractivity contribution is 1.27. The molecule has 0 saturated heterocycles. The molecule has 9 aromatic carbocycles. The van der Waals surface area contributed by atoms with Crippen molar-refractivity contribution in [2.24, 2.45) is 0 Å². The summed E-state index contributed by atoms with van der Waals surface area (Å²) in [7, 11) is 0. The Labute approximate surface area is 402 Å². The summed E-state index contributed by atoms with van der Waals surface area (Å²) < 4.78 is 0. The zero-order valence-electron chi connectivity index (χ0n) is 38.3. The largest absolute Gasteiger partial charge is 0.311 e. The van der Waals surface area contributed by atoms with Crippen LogP contribution >= 0.6 is 0 Å². The molecule has 1 heteroatoms. The fraction of sp³-hybridized carbons (Fsp3) is 0.0149. The Hall–Kier alpha value is -8.78. The molecule has 0 aliphatic heterocycles. The molecule has 1 nitrogen and oxygen atoms in total. The van der Waals surface area contributed by atoms with Crippen molar-refractivity contribution in [2.45, 2.75) is 6.92 Å². The Balaban J connectivity index is 0.849. The average Bonchev–Trinajstić information content (AvgIpc) is 3.41. The van der Waals surface area contributed by atoms with E-state index >= 15 is 0 Å². The molecule has 0 heterocycles. The molecule has 0 amide bonds. The molecule has 0 radical (unpaired) electrons. The highest BCUT2D eigenvalue weighted by atomic mass is 15.1. The number of aryl methyl sites for hydroxylation is 1. The van der Waals surface area contributed by atoms with Crippen LogP contribution in [0.3, 0.4) is 0 Å². The van der Waals surface area contributed by atoms with Crippen molar-refractivity contribution in [2.75, 3.05) is 4.90 Å². The third-order valence-corrected chi connectivity index (χ3v) is 11.8. The maximum atomic E-state index is 2.31. The predicted octanol–water partition coefficient (Wildman–Crippen LogP) is 18.1. The van der Waals surface area contributed by atoms with Crippen LogP contribution in [0.5, 0.6) is 0 Å². The molecule has 68 heavy (non-hydrogen) atoms. The molecule has 0 aromatic heterocycles. The first-order valence-corrected chi connectivity index (χ1v) is 23.2. The number of benzene rings is 9. The van der Waals surface area contributed by atoms with Crippen LogP contribution in [0.2, 0.25) is 0 Å². The third kappa shape index (κ3) is 11.9. The van der Waals surface area contributed by atoms with Crippen LogP contribution in [0.4, 0.5) is 17.1 Å². The van der Waals surface area contributed by atoms with Crippen molar-refractivity contribution >= 4 is 64.7 Å². The van der Waals surface area contributed by atoms with Gasteiger partial charge in [-0.15, -0.1) is 0 Å². The van der Waals surface area contributed by atoms with Crippen molar-refractivity contribution in [3.8, 4) is 0 Å². The SMILES string of the molecule is Cc1ccc(N(c2ccc(/C=C/c3ccc(/C=C/C=C(c4ccccc4)c4ccccc4)cc3)cc2)c2ccc(/C=C/c3ccc(/C=C/C=C(c4ccccc4)c4ccccc4)cc3)cc2)cc1. The third-order valence-electron chi connectivity index (χ3n) is 11.8. The van der Waals surface area contributed by atoms with Gasteiger partial charge in [-0.1, -0.05) is 273 Å². The maximum absolute atomic E-state index is 2.31. The highest BCUT2D eigenvalue weighted by Gasteiger charge is 2.12. The second kappa shape index (κ2) is 22.4. The summed E-state index contributed by atoms with van der Waals surface area (Å²) in [5, 5.41) is 0. The number of rotatable bonds is 15.